The summed E-state index contributed by atoms with van der Waals surface area (Å²) in [6.07, 6.45) is 8.01. The average Bonchev–Trinajstić information content (AvgIpc) is 3.31. The van der Waals surface area contributed by atoms with E-state index < -0.39 is 24.1 Å². The molecule has 1 aromatic carbocycles. The van der Waals surface area contributed by atoms with Gasteiger partial charge in [-0.2, -0.15) is 0 Å². The fraction of sp³-hybridized carbons (Fsp3) is 0.500. The van der Waals surface area contributed by atoms with E-state index in [9.17, 15) is 20.1 Å². The monoisotopic (exact) mass is 561 g/mol. The predicted octanol–water partition coefficient (Wildman–Crippen LogP) is 4.24. The molecule has 2 aliphatic rings. The van der Waals surface area contributed by atoms with Crippen molar-refractivity contribution in [1.29, 1.82) is 5.41 Å². The number of aliphatic hydroxyl groups is 2. The summed E-state index contributed by atoms with van der Waals surface area (Å²) in [6.45, 7) is 5.97. The van der Waals surface area contributed by atoms with Gasteiger partial charge in [0, 0.05) is 12.6 Å². The van der Waals surface area contributed by atoms with Gasteiger partial charge in [-0.3, -0.25) is 10.7 Å². The third-order valence-electron chi connectivity index (χ3n) is 8.80. The van der Waals surface area contributed by atoms with E-state index in [1.165, 1.54) is 6.42 Å². The zero-order chi connectivity index (χ0) is 29.1. The highest BCUT2D eigenvalue weighted by Crippen LogP contribution is 2.38. The van der Waals surface area contributed by atoms with E-state index >= 15 is 0 Å². The molecule has 0 radical (unpaired) electrons. The number of rotatable bonds is 10. The molecular weight excluding hydrogens is 522 g/mol. The number of allylic oxidation sites excluding steroid dienone is 1. The zero-order valence-electron chi connectivity index (χ0n) is 23.4. The largest absolute Gasteiger partial charge is 0.465 e. The Labute approximate surface area is 239 Å². The van der Waals surface area contributed by atoms with Crippen LogP contribution in [0.1, 0.15) is 69.1 Å². The van der Waals surface area contributed by atoms with E-state index in [4.69, 9.17) is 10.4 Å². The Bertz CT molecular complexity index is 1410. The number of fused-ring (bicyclic) bond motifs is 1. The van der Waals surface area contributed by atoms with Crippen molar-refractivity contribution in [3.8, 4) is 0 Å². The van der Waals surface area contributed by atoms with E-state index in [2.05, 4.69) is 28.8 Å². The Hall–Kier alpha value is -3.83. The lowest BCUT2D eigenvalue weighted by molar-refractivity contribution is 0.00666. The third-order valence-corrected chi connectivity index (χ3v) is 8.80. The van der Waals surface area contributed by atoms with Crippen LogP contribution in [-0.4, -0.2) is 59.4 Å². The molecule has 0 bridgehead atoms. The third kappa shape index (κ3) is 5.82. The fourth-order valence-electron chi connectivity index (χ4n) is 6.05. The number of hydrogen-bond donors (Lipinski definition) is 6. The lowest BCUT2D eigenvalue weighted by Gasteiger charge is -2.33. The summed E-state index contributed by atoms with van der Waals surface area (Å²) in [4.78, 5) is 25.2. The van der Waals surface area contributed by atoms with Gasteiger partial charge in [0.05, 0.1) is 6.61 Å². The summed E-state index contributed by atoms with van der Waals surface area (Å²) in [5.74, 6) is 1.30. The molecule has 0 aliphatic heterocycles. The summed E-state index contributed by atoms with van der Waals surface area (Å²) in [5.41, 5.74) is -0.566. The molecule has 11 nitrogen and oxygen atoms in total. The van der Waals surface area contributed by atoms with E-state index in [1.807, 2.05) is 22.0 Å². The van der Waals surface area contributed by atoms with Crippen LogP contribution in [0.5, 0.6) is 0 Å². The number of nitrogens with one attached hydrogen (secondary N) is 3. The maximum Gasteiger partial charge on any atom is 0.410 e. The number of aromatic nitrogens is 4. The molecule has 5 rings (SSSR count). The van der Waals surface area contributed by atoms with Crippen molar-refractivity contribution < 1.29 is 20.1 Å². The number of carbonyl (C=O) groups is 1. The van der Waals surface area contributed by atoms with Crippen molar-refractivity contribution >= 4 is 28.9 Å². The molecule has 1 amide bonds. The Morgan fingerprint density at radius 1 is 1.17 bits per heavy atom. The maximum atomic E-state index is 12.0. The minimum atomic E-state index is -1.83. The predicted molar refractivity (Wildman–Crippen MR) is 156 cm³/mol. The first-order chi connectivity index (χ1) is 19.7. The van der Waals surface area contributed by atoms with Crippen LogP contribution in [0.3, 0.4) is 0 Å². The Kier molecular flexibility index (Phi) is 8.37. The van der Waals surface area contributed by atoms with Crippen LogP contribution in [0.4, 0.5) is 10.6 Å². The standard InChI is InChI=1S/C30H39N7O4/c1-3-19-12-14-20(15-13-19)16-37-23-25(32-18(2)21-8-7-9-21)34-27(24(31)33-29(39)40)35-26(23)36-28(37)30(41,17-38)22-10-5-4-6-11-22/h3-6,10-11,18-21,38,41H,1,7-9,12-17H2,2H3,(H2,31,33)(H,39,40)(H,32,34,35)/t18-,19?,20?,30?/m1/s1. The summed E-state index contributed by atoms with van der Waals surface area (Å²) in [6, 6.07) is 8.99. The SMILES string of the molecule is C=CC1CCC(Cn2c(C(O)(CO)c3ccccc3)nc3nc(C(=N)NC(=O)O)nc(N[C@H](C)C4CCC4)c32)CC1. The first-order valence-electron chi connectivity index (χ1n) is 14.4. The quantitative estimate of drug-likeness (QED) is 0.121. The van der Waals surface area contributed by atoms with Crippen LogP contribution in [-0.2, 0) is 12.1 Å². The minimum absolute atomic E-state index is 0.0667. The van der Waals surface area contributed by atoms with Gasteiger partial charge in [-0.25, -0.2) is 19.7 Å². The molecule has 2 fully saturated rings. The molecule has 2 saturated carbocycles. The second kappa shape index (κ2) is 12.0. The summed E-state index contributed by atoms with van der Waals surface area (Å²) >= 11 is 0. The molecule has 6 N–H and O–H groups in total. The van der Waals surface area contributed by atoms with Crippen LogP contribution in [0.15, 0.2) is 43.0 Å². The normalized spacial score (nSPS) is 21.4. The lowest BCUT2D eigenvalue weighted by atomic mass is 9.80. The highest BCUT2D eigenvalue weighted by atomic mass is 16.4. The van der Waals surface area contributed by atoms with Gasteiger partial charge in [0.15, 0.2) is 34.6 Å². The molecule has 0 spiro atoms. The number of amides is 1. The van der Waals surface area contributed by atoms with Gasteiger partial charge in [0.25, 0.3) is 0 Å². The van der Waals surface area contributed by atoms with E-state index in [0.29, 0.717) is 41.2 Å². The van der Waals surface area contributed by atoms with Crippen molar-refractivity contribution in [2.75, 3.05) is 11.9 Å². The molecular formula is C30H39N7O4. The summed E-state index contributed by atoms with van der Waals surface area (Å²) in [7, 11) is 0. The highest BCUT2D eigenvalue weighted by Gasteiger charge is 2.39. The number of benzene rings is 1. The van der Waals surface area contributed by atoms with E-state index in [1.54, 1.807) is 24.3 Å². The average molecular weight is 562 g/mol. The highest BCUT2D eigenvalue weighted by molar-refractivity contribution is 6.03. The van der Waals surface area contributed by atoms with Crippen LogP contribution >= 0.6 is 0 Å². The van der Waals surface area contributed by atoms with Crippen molar-refractivity contribution in [2.45, 2.75) is 70.1 Å². The van der Waals surface area contributed by atoms with Gasteiger partial charge in [-0.05, 0) is 68.8 Å². The van der Waals surface area contributed by atoms with Crippen molar-refractivity contribution in [3.05, 3.63) is 60.2 Å². The topological polar surface area (TPSA) is 169 Å². The van der Waals surface area contributed by atoms with Gasteiger partial charge in [-0.1, -0.05) is 42.8 Å². The van der Waals surface area contributed by atoms with E-state index in [0.717, 1.165) is 38.5 Å². The first kappa shape index (κ1) is 28.7. The smallest absolute Gasteiger partial charge is 0.410 e. The van der Waals surface area contributed by atoms with Gasteiger partial charge >= 0.3 is 6.09 Å². The minimum Gasteiger partial charge on any atom is -0.465 e. The molecule has 2 aliphatic carbocycles. The molecule has 218 valence electrons. The Balaban J connectivity index is 1.68. The molecule has 2 aromatic heterocycles. The van der Waals surface area contributed by atoms with Crippen LogP contribution in [0, 0.1) is 23.2 Å². The molecule has 2 atom stereocenters. The molecule has 1 unspecified atom stereocenters. The molecule has 3 aromatic rings. The van der Waals surface area contributed by atoms with Gasteiger partial charge < -0.3 is 25.2 Å². The zero-order valence-corrected chi connectivity index (χ0v) is 23.4. The number of aliphatic hydroxyl groups excluding tert-OH is 1. The van der Waals surface area contributed by atoms with Gasteiger partial charge in [-0.15, -0.1) is 6.58 Å². The maximum absolute atomic E-state index is 12.0. The van der Waals surface area contributed by atoms with Crippen LogP contribution < -0.4 is 10.6 Å². The fourth-order valence-corrected chi connectivity index (χ4v) is 6.05. The second-order valence-electron chi connectivity index (χ2n) is 11.4. The second-order valence-corrected chi connectivity index (χ2v) is 11.4. The van der Waals surface area contributed by atoms with Crippen molar-refractivity contribution in [2.24, 2.45) is 17.8 Å². The number of imidazole rings is 1. The number of nitrogens with zero attached hydrogens (tertiary/aromatic N) is 4. The summed E-state index contributed by atoms with van der Waals surface area (Å²) in [5, 5.41) is 45.6. The molecule has 0 saturated heterocycles. The number of hydrogen-bond acceptors (Lipinski definition) is 8. The number of anilines is 1. The van der Waals surface area contributed by atoms with Gasteiger partial charge in [0.1, 0.15) is 5.52 Å². The Morgan fingerprint density at radius 2 is 1.88 bits per heavy atom. The van der Waals surface area contributed by atoms with E-state index in [-0.39, 0.29) is 23.3 Å². The van der Waals surface area contributed by atoms with Crippen molar-refractivity contribution in [3.63, 3.8) is 0 Å². The summed E-state index contributed by atoms with van der Waals surface area (Å²) < 4.78 is 1.92. The lowest BCUT2D eigenvalue weighted by Crippen LogP contribution is -2.36. The van der Waals surface area contributed by atoms with Crippen LogP contribution in [0.2, 0.25) is 0 Å². The van der Waals surface area contributed by atoms with Crippen molar-refractivity contribution in [1.82, 2.24) is 24.8 Å². The number of amidine groups is 1. The van der Waals surface area contributed by atoms with Crippen LogP contribution in [0.25, 0.3) is 11.2 Å². The van der Waals surface area contributed by atoms with Gasteiger partial charge in [0.2, 0.25) is 0 Å². The molecule has 11 heteroatoms. The molecule has 2 heterocycles. The molecule has 41 heavy (non-hydrogen) atoms. The number of carboxylic acid groups (broad SMARTS) is 1. The first-order valence-corrected chi connectivity index (χ1v) is 14.4. The Morgan fingerprint density at radius 3 is 2.46 bits per heavy atom.